The number of H-pyrrole nitrogens is 1. The summed E-state index contributed by atoms with van der Waals surface area (Å²) in [4.78, 5) is 25.8. The van der Waals surface area contributed by atoms with Crippen LogP contribution in [0.5, 0.6) is 0 Å². The molecule has 0 aliphatic rings. The summed E-state index contributed by atoms with van der Waals surface area (Å²) < 4.78 is 0. The van der Waals surface area contributed by atoms with Crippen LogP contribution in [0.1, 0.15) is 17.4 Å². The standard InChI is InChI=1S/C8H7N.C6H5NO2.C2H4O2/c1-2-4-8-7(3-1)5-6-9-8;8-6(9)5-3-1-2-4-7-5;1-2(3)4/h1-6,9H;1-4H,(H,8,9);1H3,(H,3,4). The van der Waals surface area contributed by atoms with Crippen LogP contribution in [0.4, 0.5) is 0 Å². The van der Waals surface area contributed by atoms with Gasteiger partial charge in [-0.25, -0.2) is 9.78 Å². The number of hydrogen-bond donors (Lipinski definition) is 3. The van der Waals surface area contributed by atoms with Gasteiger partial charge in [-0.05, 0) is 29.7 Å². The number of hydrogen-bond acceptors (Lipinski definition) is 3. The highest BCUT2D eigenvalue weighted by atomic mass is 16.4. The minimum absolute atomic E-state index is 0.0810. The van der Waals surface area contributed by atoms with Crippen molar-refractivity contribution in [2.24, 2.45) is 0 Å². The molecule has 0 radical (unpaired) electrons. The van der Waals surface area contributed by atoms with Crippen LogP contribution in [-0.4, -0.2) is 32.1 Å². The molecule has 0 unspecified atom stereocenters. The van der Waals surface area contributed by atoms with Gasteiger partial charge in [-0.15, -0.1) is 0 Å². The molecule has 0 saturated heterocycles. The maximum Gasteiger partial charge on any atom is 0.354 e. The zero-order valence-electron chi connectivity index (χ0n) is 11.9. The van der Waals surface area contributed by atoms with Crippen LogP contribution in [0.2, 0.25) is 0 Å². The van der Waals surface area contributed by atoms with Crippen molar-refractivity contribution in [2.45, 2.75) is 6.92 Å². The van der Waals surface area contributed by atoms with Crippen molar-refractivity contribution in [3.8, 4) is 0 Å². The first-order valence-corrected chi connectivity index (χ1v) is 6.36. The molecule has 0 fully saturated rings. The third-order valence-corrected chi connectivity index (χ3v) is 2.35. The van der Waals surface area contributed by atoms with E-state index in [0.29, 0.717) is 0 Å². The lowest BCUT2D eigenvalue weighted by molar-refractivity contribution is -0.134. The fourth-order valence-electron chi connectivity index (χ4n) is 1.48. The third kappa shape index (κ3) is 6.33. The number of aromatic amines is 1. The lowest BCUT2D eigenvalue weighted by atomic mass is 10.3. The molecule has 22 heavy (non-hydrogen) atoms. The Labute approximate surface area is 127 Å². The zero-order valence-corrected chi connectivity index (χ0v) is 11.9. The largest absolute Gasteiger partial charge is 0.481 e. The van der Waals surface area contributed by atoms with Gasteiger partial charge < -0.3 is 15.2 Å². The van der Waals surface area contributed by atoms with E-state index in [1.54, 1.807) is 12.1 Å². The maximum atomic E-state index is 10.1. The summed E-state index contributed by atoms with van der Waals surface area (Å²) in [6.07, 6.45) is 3.40. The lowest BCUT2D eigenvalue weighted by Gasteiger charge is -1.87. The van der Waals surface area contributed by atoms with Crippen molar-refractivity contribution in [2.75, 3.05) is 0 Å². The summed E-state index contributed by atoms with van der Waals surface area (Å²) in [6.45, 7) is 1.08. The minimum atomic E-state index is -0.990. The van der Waals surface area contributed by atoms with E-state index < -0.39 is 11.9 Å². The Kier molecular flexibility index (Phi) is 6.85. The fraction of sp³-hybridized carbons (Fsp3) is 0.0625. The van der Waals surface area contributed by atoms with Gasteiger partial charge in [0.25, 0.3) is 5.97 Å². The van der Waals surface area contributed by atoms with E-state index in [2.05, 4.69) is 28.2 Å². The second-order valence-corrected chi connectivity index (χ2v) is 4.10. The predicted molar refractivity (Wildman–Crippen MR) is 82.8 cm³/mol. The summed E-state index contributed by atoms with van der Waals surface area (Å²) in [7, 11) is 0. The van der Waals surface area contributed by atoms with E-state index in [0.717, 1.165) is 6.92 Å². The SMILES string of the molecule is CC(=O)O.O=C(O)c1ccccn1.c1ccc2[nH]ccc2c1. The predicted octanol–water partition coefficient (Wildman–Crippen LogP) is 3.04. The maximum absolute atomic E-state index is 10.1. The van der Waals surface area contributed by atoms with Gasteiger partial charge in [-0.3, -0.25) is 4.79 Å². The van der Waals surface area contributed by atoms with E-state index in [9.17, 15) is 4.79 Å². The summed E-state index contributed by atoms with van der Waals surface area (Å²) in [5.41, 5.74) is 1.29. The Morgan fingerprint density at radius 3 is 2.14 bits per heavy atom. The van der Waals surface area contributed by atoms with Gasteiger partial charge >= 0.3 is 5.97 Å². The number of aromatic carboxylic acids is 1. The number of carboxylic acid groups (broad SMARTS) is 2. The fourth-order valence-corrected chi connectivity index (χ4v) is 1.48. The second-order valence-electron chi connectivity index (χ2n) is 4.10. The van der Waals surface area contributed by atoms with Crippen molar-refractivity contribution in [3.05, 3.63) is 66.6 Å². The first-order valence-electron chi connectivity index (χ1n) is 6.36. The molecule has 6 nitrogen and oxygen atoms in total. The molecule has 0 bridgehead atoms. The Bertz CT molecular complexity index is 689. The molecular weight excluding hydrogens is 284 g/mol. The van der Waals surface area contributed by atoms with Crippen LogP contribution in [0.3, 0.4) is 0 Å². The lowest BCUT2D eigenvalue weighted by Crippen LogP contribution is -1.97. The number of fused-ring (bicyclic) bond motifs is 1. The van der Waals surface area contributed by atoms with Gasteiger partial charge in [-0.2, -0.15) is 0 Å². The molecule has 2 heterocycles. The van der Waals surface area contributed by atoms with Gasteiger partial charge in [0.05, 0.1) is 0 Å². The third-order valence-electron chi connectivity index (χ3n) is 2.35. The highest BCUT2D eigenvalue weighted by Gasteiger charge is 1.98. The van der Waals surface area contributed by atoms with E-state index >= 15 is 0 Å². The second kappa shape index (κ2) is 8.91. The summed E-state index contributed by atoms with van der Waals surface area (Å²) in [5, 5.41) is 17.0. The van der Waals surface area contributed by atoms with Crippen molar-refractivity contribution in [3.63, 3.8) is 0 Å². The number of carboxylic acids is 2. The monoisotopic (exact) mass is 300 g/mol. The van der Waals surface area contributed by atoms with E-state index in [1.807, 2.05) is 18.3 Å². The number of aliphatic carboxylic acids is 1. The van der Waals surface area contributed by atoms with Gasteiger partial charge in [0.2, 0.25) is 0 Å². The Morgan fingerprint density at radius 2 is 1.64 bits per heavy atom. The zero-order chi connectivity index (χ0) is 16.4. The Balaban J connectivity index is 0.000000179. The quantitative estimate of drug-likeness (QED) is 0.641. The van der Waals surface area contributed by atoms with Gasteiger partial charge in [0.1, 0.15) is 5.69 Å². The molecule has 0 aliphatic carbocycles. The highest BCUT2D eigenvalue weighted by molar-refractivity contribution is 5.85. The normalized spacial score (nSPS) is 8.95. The number of carbonyl (C=O) groups is 2. The molecule has 0 atom stereocenters. The summed E-state index contributed by atoms with van der Waals surface area (Å²) >= 11 is 0. The number of nitrogens with zero attached hydrogens (tertiary/aromatic N) is 1. The van der Waals surface area contributed by atoms with Crippen molar-refractivity contribution < 1.29 is 19.8 Å². The average Bonchev–Trinajstić information content (AvgIpc) is 2.96. The number of nitrogens with one attached hydrogen (secondary N) is 1. The molecule has 0 amide bonds. The average molecular weight is 300 g/mol. The molecule has 3 N–H and O–H groups in total. The molecule has 3 rings (SSSR count). The highest BCUT2D eigenvalue weighted by Crippen LogP contribution is 2.09. The van der Waals surface area contributed by atoms with Gasteiger partial charge in [-0.1, -0.05) is 24.3 Å². The van der Waals surface area contributed by atoms with Gasteiger partial charge in [0, 0.05) is 24.8 Å². The molecule has 0 aliphatic heterocycles. The molecular formula is C16H16N2O4. The molecule has 0 saturated carbocycles. The van der Waals surface area contributed by atoms with Crippen LogP contribution in [0.15, 0.2) is 60.9 Å². The molecule has 114 valence electrons. The van der Waals surface area contributed by atoms with Crippen molar-refractivity contribution in [1.29, 1.82) is 0 Å². The smallest absolute Gasteiger partial charge is 0.354 e. The van der Waals surface area contributed by atoms with E-state index in [4.69, 9.17) is 15.0 Å². The van der Waals surface area contributed by atoms with Crippen molar-refractivity contribution >= 4 is 22.8 Å². The number of aromatic nitrogens is 2. The molecule has 6 heteroatoms. The number of para-hydroxylation sites is 1. The van der Waals surface area contributed by atoms with Gasteiger partial charge in [0.15, 0.2) is 0 Å². The first kappa shape index (κ1) is 16.9. The molecule has 1 aromatic carbocycles. The van der Waals surface area contributed by atoms with Crippen molar-refractivity contribution in [1.82, 2.24) is 9.97 Å². The number of rotatable bonds is 1. The number of pyridine rings is 1. The molecule has 2 aromatic heterocycles. The van der Waals surface area contributed by atoms with Crippen LogP contribution in [0.25, 0.3) is 10.9 Å². The minimum Gasteiger partial charge on any atom is -0.481 e. The summed E-state index contributed by atoms with van der Waals surface area (Å²) in [5.74, 6) is -1.82. The van der Waals surface area contributed by atoms with Crippen LogP contribution in [0, 0.1) is 0 Å². The van der Waals surface area contributed by atoms with Crippen LogP contribution >= 0.6 is 0 Å². The topological polar surface area (TPSA) is 103 Å². The Hall–Kier alpha value is -3.15. The van der Waals surface area contributed by atoms with Crippen LogP contribution < -0.4 is 0 Å². The molecule has 0 spiro atoms. The summed E-state index contributed by atoms with van der Waals surface area (Å²) in [6, 6.07) is 15.0. The number of benzene rings is 1. The molecule has 3 aromatic rings. The van der Waals surface area contributed by atoms with Crippen LogP contribution in [-0.2, 0) is 4.79 Å². The Morgan fingerprint density at radius 1 is 1.00 bits per heavy atom. The van der Waals surface area contributed by atoms with E-state index in [-0.39, 0.29) is 5.69 Å². The van der Waals surface area contributed by atoms with E-state index in [1.165, 1.54) is 23.2 Å². The first-order chi connectivity index (χ1) is 10.5.